The molecule has 4 atom stereocenters. The molecule has 1 aromatic rings. The van der Waals surface area contributed by atoms with Gasteiger partial charge in [0.05, 0.1) is 6.42 Å². The Labute approximate surface area is 264 Å². The number of hydrazine groups is 1. The van der Waals surface area contributed by atoms with Gasteiger partial charge in [0, 0.05) is 12.8 Å². The van der Waals surface area contributed by atoms with Crippen LogP contribution >= 0.6 is 23.5 Å². The van der Waals surface area contributed by atoms with Crippen molar-refractivity contribution in [2.45, 2.75) is 88.4 Å². The number of benzene rings is 1. The van der Waals surface area contributed by atoms with Crippen LogP contribution in [0.3, 0.4) is 0 Å². The summed E-state index contributed by atoms with van der Waals surface area (Å²) < 4.78 is 11.0. The van der Waals surface area contributed by atoms with Gasteiger partial charge in [-0.1, -0.05) is 46.6 Å². The van der Waals surface area contributed by atoms with E-state index in [4.69, 9.17) is 9.47 Å². The molecule has 3 heterocycles. The summed E-state index contributed by atoms with van der Waals surface area (Å²) in [7, 11) is 1.64. The van der Waals surface area contributed by atoms with E-state index in [1.807, 2.05) is 0 Å². The summed E-state index contributed by atoms with van der Waals surface area (Å²) in [6, 6.07) is 6.24. The topological polar surface area (TPSA) is 168 Å². The van der Waals surface area contributed by atoms with E-state index in [2.05, 4.69) is 21.4 Å². The lowest BCUT2D eigenvalue weighted by Gasteiger charge is -2.49. The molecule has 240 valence electrons. The standard InChI is InChI=1S/C28H39N7O7S2/c1-15-14-43-23-19(22(37)34(23)20(15)24(38)41-27(2,3)4)29-18(36)13-16-10-9-11-17(12-16)21(30-25(39)42-28(5,6)7)44-26-33(8)31-32-35(26)40/h9-12,19,21,23,26,31H,13-14H2,1-8H3,(H,29,36)(H,30,39). The Morgan fingerprint density at radius 3 is 2.50 bits per heavy atom. The maximum absolute atomic E-state index is 13.1. The third kappa shape index (κ3) is 7.95. The van der Waals surface area contributed by atoms with Gasteiger partial charge in [0.2, 0.25) is 5.91 Å². The number of fused-ring (bicyclic) bond motifs is 1. The Morgan fingerprint density at radius 2 is 1.89 bits per heavy atom. The first-order valence-corrected chi connectivity index (χ1v) is 16.0. The molecule has 1 aromatic carbocycles. The molecule has 3 aliphatic heterocycles. The molecule has 44 heavy (non-hydrogen) atoms. The van der Waals surface area contributed by atoms with Crippen molar-refractivity contribution in [3.05, 3.63) is 51.9 Å². The van der Waals surface area contributed by atoms with E-state index in [9.17, 15) is 24.4 Å². The molecule has 3 N–H and O–H groups in total. The Hall–Kier alpha value is -3.50. The van der Waals surface area contributed by atoms with E-state index in [1.54, 1.807) is 79.8 Å². The van der Waals surface area contributed by atoms with Gasteiger partial charge in [-0.2, -0.15) is 0 Å². The van der Waals surface area contributed by atoms with E-state index in [0.717, 1.165) is 17.3 Å². The van der Waals surface area contributed by atoms with Crippen LogP contribution in [0.1, 0.15) is 65.0 Å². The molecule has 0 aliphatic carbocycles. The zero-order valence-corrected chi connectivity index (χ0v) is 27.6. The van der Waals surface area contributed by atoms with Crippen molar-refractivity contribution in [3.63, 3.8) is 0 Å². The average Bonchev–Trinajstić information content (AvgIpc) is 3.21. The lowest BCUT2D eigenvalue weighted by atomic mass is 10.0. The van der Waals surface area contributed by atoms with Crippen LogP contribution in [0.15, 0.2) is 40.8 Å². The number of hydroxylamine groups is 1. The highest BCUT2D eigenvalue weighted by molar-refractivity contribution is 8.00. The van der Waals surface area contributed by atoms with E-state index in [1.165, 1.54) is 21.7 Å². The number of hydrogen-bond acceptors (Lipinski definition) is 12. The predicted octanol–water partition coefficient (Wildman–Crippen LogP) is 3.11. The fourth-order valence-electron chi connectivity index (χ4n) is 4.60. The van der Waals surface area contributed by atoms with Crippen LogP contribution < -0.4 is 16.2 Å². The number of nitrogens with zero attached hydrogens (tertiary/aromatic N) is 4. The van der Waals surface area contributed by atoms with Crippen molar-refractivity contribution in [3.8, 4) is 0 Å². The molecule has 0 bridgehead atoms. The minimum absolute atomic E-state index is 0.0411. The minimum atomic E-state index is -0.786. The highest BCUT2D eigenvalue weighted by Gasteiger charge is 2.54. The maximum atomic E-state index is 13.1. The molecule has 0 saturated carbocycles. The van der Waals surface area contributed by atoms with Gasteiger partial charge in [-0.15, -0.1) is 16.6 Å². The van der Waals surface area contributed by atoms with E-state index in [-0.39, 0.29) is 23.9 Å². The molecular formula is C28H39N7O7S2. The molecule has 1 saturated heterocycles. The van der Waals surface area contributed by atoms with Gasteiger partial charge >= 0.3 is 12.1 Å². The third-order valence-electron chi connectivity index (χ3n) is 6.41. The highest BCUT2D eigenvalue weighted by Crippen LogP contribution is 2.41. The predicted molar refractivity (Wildman–Crippen MR) is 164 cm³/mol. The second-order valence-electron chi connectivity index (χ2n) is 12.6. The highest BCUT2D eigenvalue weighted by atomic mass is 32.2. The molecule has 0 aromatic heterocycles. The van der Waals surface area contributed by atoms with Crippen LogP contribution in [0.2, 0.25) is 0 Å². The van der Waals surface area contributed by atoms with E-state index < -0.39 is 45.6 Å². The Bertz CT molecular complexity index is 1390. The number of nitrogens with one attached hydrogen (secondary N) is 3. The number of amides is 3. The van der Waals surface area contributed by atoms with Gasteiger partial charge in [0.1, 0.15) is 38.9 Å². The van der Waals surface area contributed by atoms with Crippen LogP contribution in [0.4, 0.5) is 4.79 Å². The molecule has 1 fully saturated rings. The molecule has 14 nitrogen and oxygen atoms in total. The van der Waals surface area contributed by atoms with Crippen molar-refractivity contribution >= 4 is 47.4 Å². The van der Waals surface area contributed by atoms with Gasteiger partial charge in [0.25, 0.3) is 11.4 Å². The quantitative estimate of drug-likeness (QED) is 0.124. The molecular weight excluding hydrogens is 610 g/mol. The van der Waals surface area contributed by atoms with Gasteiger partial charge in [0.15, 0.2) is 0 Å². The maximum Gasteiger partial charge on any atom is 0.408 e. The first kappa shape index (κ1) is 33.4. The molecule has 3 amide bonds. The minimum Gasteiger partial charge on any atom is -0.694 e. The number of rotatable bonds is 8. The molecule has 3 aliphatic rings. The molecule has 4 unspecified atom stereocenters. The Morgan fingerprint density at radius 1 is 1.20 bits per heavy atom. The first-order valence-electron chi connectivity index (χ1n) is 14.0. The zero-order chi connectivity index (χ0) is 32.6. The largest absolute Gasteiger partial charge is 0.694 e. The van der Waals surface area contributed by atoms with Gasteiger partial charge in [-0.05, 0) is 65.2 Å². The van der Waals surface area contributed by atoms with Gasteiger partial charge in [-0.25, -0.2) is 9.59 Å². The summed E-state index contributed by atoms with van der Waals surface area (Å²) in [5.41, 5.74) is 2.57. The number of hydrogen-bond donors (Lipinski definition) is 3. The Kier molecular flexibility index (Phi) is 9.75. The SMILES string of the molecule is CC1=C(C(=O)OC(C)(C)C)N2C(=O)C(NC(=O)Cc3cccc(C(NC(=O)OC(C)(C)C)SC4N(C)NN=[N+]4[O-])c3)C2SC1. The van der Waals surface area contributed by atoms with Crippen LogP contribution in [-0.4, -0.2) is 79.6 Å². The van der Waals surface area contributed by atoms with Crippen molar-refractivity contribution in [1.82, 2.24) is 26.1 Å². The first-order chi connectivity index (χ1) is 20.4. The fraction of sp³-hybridized carbons (Fsp3) is 0.571. The summed E-state index contributed by atoms with van der Waals surface area (Å²) in [5, 5.41) is 21.8. The summed E-state index contributed by atoms with van der Waals surface area (Å²) in [6.07, 6.45) is -0.713. The molecule has 0 spiro atoms. The van der Waals surface area contributed by atoms with Crippen molar-refractivity contribution in [2.24, 2.45) is 5.22 Å². The molecule has 16 heteroatoms. The zero-order valence-electron chi connectivity index (χ0n) is 26.0. The lowest BCUT2D eigenvalue weighted by molar-refractivity contribution is -0.541. The van der Waals surface area contributed by atoms with Gasteiger partial charge < -0.3 is 25.3 Å². The number of thioether (sulfide) groups is 2. The van der Waals surface area contributed by atoms with Crippen LogP contribution in [0, 0.1) is 5.21 Å². The monoisotopic (exact) mass is 649 g/mol. The van der Waals surface area contributed by atoms with Crippen LogP contribution in [0.25, 0.3) is 0 Å². The Balaban J connectivity index is 1.44. The second kappa shape index (κ2) is 12.9. The lowest BCUT2D eigenvalue weighted by Crippen LogP contribution is -2.70. The summed E-state index contributed by atoms with van der Waals surface area (Å²) in [4.78, 5) is 53.7. The fourth-order valence-corrected chi connectivity index (χ4v) is 6.99. The van der Waals surface area contributed by atoms with Gasteiger partial charge in [-0.3, -0.25) is 14.5 Å². The normalized spacial score (nSPS) is 22.7. The molecule has 0 radical (unpaired) electrons. The van der Waals surface area contributed by atoms with Crippen LogP contribution in [0.5, 0.6) is 0 Å². The molecule has 4 rings (SSSR count). The summed E-state index contributed by atoms with van der Waals surface area (Å²) in [5.74, 6) is -0.777. The number of ether oxygens (including phenoxy) is 2. The number of carbonyl (C=O) groups is 4. The number of esters is 1. The number of alkyl carbamates (subject to hydrolysis) is 1. The van der Waals surface area contributed by atoms with E-state index in [0.29, 0.717) is 21.7 Å². The van der Waals surface area contributed by atoms with E-state index >= 15 is 0 Å². The smallest absolute Gasteiger partial charge is 0.408 e. The third-order valence-corrected chi connectivity index (χ3v) is 9.24. The van der Waals surface area contributed by atoms with Crippen LogP contribution in [-0.2, 0) is 30.3 Å². The van der Waals surface area contributed by atoms with Crippen molar-refractivity contribution in [2.75, 3.05) is 12.8 Å². The average molecular weight is 650 g/mol. The second-order valence-corrected chi connectivity index (χ2v) is 14.9. The van der Waals surface area contributed by atoms with Crippen molar-refractivity contribution < 1.29 is 33.5 Å². The summed E-state index contributed by atoms with van der Waals surface area (Å²) >= 11 is 2.60. The summed E-state index contributed by atoms with van der Waals surface area (Å²) in [6.45, 7) is 12.3. The number of carbonyl (C=O) groups excluding carboxylic acids is 4. The van der Waals surface area contributed by atoms with Crippen molar-refractivity contribution in [1.29, 1.82) is 0 Å². The number of β-lactam (4-membered cyclic amide) rings is 1.